The lowest BCUT2D eigenvalue weighted by Gasteiger charge is -2.31. The summed E-state index contributed by atoms with van der Waals surface area (Å²) in [4.78, 5) is 13.3. The summed E-state index contributed by atoms with van der Waals surface area (Å²) in [5.41, 5.74) is 17.6. The number of nitrogens with one attached hydrogen (secondary N) is 2. The zero-order chi connectivity index (χ0) is 25.7. The summed E-state index contributed by atoms with van der Waals surface area (Å²) in [7, 11) is 0. The van der Waals surface area contributed by atoms with E-state index in [1.807, 2.05) is 0 Å². The third-order valence-corrected chi connectivity index (χ3v) is 7.39. The first kappa shape index (κ1) is 26.0. The van der Waals surface area contributed by atoms with Crippen molar-refractivity contribution in [1.29, 1.82) is 0 Å². The van der Waals surface area contributed by atoms with Crippen molar-refractivity contribution in [2.75, 3.05) is 11.9 Å². The molecule has 0 fully saturated rings. The Hall–Kier alpha value is -3.11. The molecule has 1 aliphatic rings. The van der Waals surface area contributed by atoms with E-state index in [9.17, 15) is 4.79 Å². The summed E-state index contributed by atoms with van der Waals surface area (Å²) < 4.78 is 0. The summed E-state index contributed by atoms with van der Waals surface area (Å²) >= 11 is 0. The highest BCUT2D eigenvalue weighted by Crippen LogP contribution is 2.35. The molecule has 0 bridgehead atoms. The van der Waals surface area contributed by atoms with Gasteiger partial charge in [0, 0.05) is 12.2 Å². The van der Waals surface area contributed by atoms with Gasteiger partial charge in [-0.15, -0.1) is 0 Å². The van der Waals surface area contributed by atoms with Gasteiger partial charge in [-0.1, -0.05) is 73.5 Å². The van der Waals surface area contributed by atoms with E-state index in [0.29, 0.717) is 6.42 Å². The van der Waals surface area contributed by atoms with E-state index in [-0.39, 0.29) is 11.9 Å². The first-order chi connectivity index (χ1) is 17.4. The summed E-state index contributed by atoms with van der Waals surface area (Å²) in [5.74, 6) is -0.0733. The van der Waals surface area contributed by atoms with Crippen molar-refractivity contribution in [1.82, 2.24) is 5.32 Å². The van der Waals surface area contributed by atoms with Crippen molar-refractivity contribution in [2.45, 2.75) is 78.3 Å². The molecule has 2 unspecified atom stereocenters. The second-order valence-corrected chi connectivity index (χ2v) is 10.4. The minimum Gasteiger partial charge on any atom is -0.384 e. The van der Waals surface area contributed by atoms with E-state index in [1.165, 1.54) is 50.2 Å². The molecule has 0 spiro atoms. The highest BCUT2D eigenvalue weighted by molar-refractivity contribution is 5.83. The van der Waals surface area contributed by atoms with Crippen LogP contribution < -0.4 is 16.4 Å². The molecule has 3 aromatic rings. The van der Waals surface area contributed by atoms with Crippen molar-refractivity contribution in [2.24, 2.45) is 5.73 Å². The van der Waals surface area contributed by atoms with E-state index in [0.717, 1.165) is 38.6 Å². The van der Waals surface area contributed by atoms with Crippen LogP contribution >= 0.6 is 0 Å². The van der Waals surface area contributed by atoms with Crippen LogP contribution in [0.4, 0.5) is 5.69 Å². The molecule has 4 nitrogen and oxygen atoms in total. The molecular weight excluding hydrogens is 442 g/mol. The fourth-order valence-corrected chi connectivity index (χ4v) is 5.55. The second kappa shape index (κ2) is 11.7. The zero-order valence-electron chi connectivity index (χ0n) is 22.3. The van der Waals surface area contributed by atoms with Crippen LogP contribution in [0.25, 0.3) is 0 Å². The van der Waals surface area contributed by atoms with Gasteiger partial charge in [0.15, 0.2) is 0 Å². The number of nitrogens with two attached hydrogens (primary N) is 1. The summed E-state index contributed by atoms with van der Waals surface area (Å²) in [5, 5.41) is 6.96. The Kier molecular flexibility index (Phi) is 8.48. The van der Waals surface area contributed by atoms with Gasteiger partial charge in [0.05, 0.1) is 12.1 Å². The van der Waals surface area contributed by atoms with Gasteiger partial charge >= 0.3 is 0 Å². The summed E-state index contributed by atoms with van der Waals surface area (Å²) in [6, 6.07) is 19.0. The molecule has 0 radical (unpaired) electrons. The van der Waals surface area contributed by atoms with E-state index in [4.69, 9.17) is 5.73 Å². The Balaban J connectivity index is 1.57. The molecule has 4 N–H and O–H groups in total. The second-order valence-electron chi connectivity index (χ2n) is 10.4. The molecule has 4 heteroatoms. The smallest absolute Gasteiger partial charge is 0.237 e. The fourth-order valence-electron chi connectivity index (χ4n) is 5.55. The highest BCUT2D eigenvalue weighted by atomic mass is 16.2. The minimum atomic E-state index is -0.574. The number of anilines is 1. The van der Waals surface area contributed by atoms with Crippen LogP contribution in [0.1, 0.15) is 76.7 Å². The Morgan fingerprint density at radius 1 is 1.06 bits per heavy atom. The Morgan fingerprint density at radius 2 is 1.78 bits per heavy atom. The number of unbranched alkanes of at least 4 members (excludes halogenated alkanes) is 1. The quantitative estimate of drug-likeness (QED) is 0.345. The van der Waals surface area contributed by atoms with Crippen LogP contribution in [0.5, 0.6) is 0 Å². The number of amides is 1. The summed E-state index contributed by atoms with van der Waals surface area (Å²) in [6.07, 6.45) is 5.65. The van der Waals surface area contributed by atoms with Gasteiger partial charge in [0.1, 0.15) is 0 Å². The molecule has 1 aliphatic heterocycles. The van der Waals surface area contributed by atoms with Crippen molar-refractivity contribution >= 4 is 11.6 Å². The van der Waals surface area contributed by atoms with E-state index in [1.54, 1.807) is 0 Å². The first-order valence-electron chi connectivity index (χ1n) is 13.4. The summed E-state index contributed by atoms with van der Waals surface area (Å²) in [6.45, 7) is 9.39. The molecule has 1 amide bonds. The standard InChI is InChI=1S/C32H41N3O/c1-5-6-12-26-18-25(17-24-10-8-7-9-11-24)19-28-30(13-14-34-31(26)28)35-32(36)29(33)20-27-22(3)15-21(2)16-23(27)4/h7-11,15-16,18-19,29-30,34H,5-6,12-14,17,20,33H2,1-4H3,(H,35,36). The third-order valence-electron chi connectivity index (χ3n) is 7.39. The topological polar surface area (TPSA) is 67.1 Å². The maximum atomic E-state index is 13.3. The van der Waals surface area contributed by atoms with Gasteiger partial charge in [-0.3, -0.25) is 4.79 Å². The number of hydrogen-bond donors (Lipinski definition) is 3. The van der Waals surface area contributed by atoms with E-state index < -0.39 is 6.04 Å². The number of carbonyl (C=O) groups excluding carboxylic acids is 1. The molecule has 36 heavy (non-hydrogen) atoms. The van der Waals surface area contributed by atoms with Gasteiger partial charge in [-0.05, 0) is 91.8 Å². The lowest BCUT2D eigenvalue weighted by atomic mass is 9.88. The molecule has 190 valence electrons. The van der Waals surface area contributed by atoms with E-state index in [2.05, 4.69) is 92.9 Å². The Morgan fingerprint density at radius 3 is 2.47 bits per heavy atom. The van der Waals surface area contributed by atoms with Crippen LogP contribution in [0.2, 0.25) is 0 Å². The normalized spacial score (nSPS) is 15.6. The predicted octanol–water partition coefficient (Wildman–Crippen LogP) is 6.09. The lowest BCUT2D eigenvalue weighted by molar-refractivity contribution is -0.123. The predicted molar refractivity (Wildman–Crippen MR) is 151 cm³/mol. The molecular formula is C32H41N3O. The molecule has 4 rings (SSSR count). The van der Waals surface area contributed by atoms with Crippen molar-refractivity contribution < 1.29 is 4.79 Å². The van der Waals surface area contributed by atoms with Gasteiger partial charge in [-0.2, -0.15) is 0 Å². The van der Waals surface area contributed by atoms with Crippen molar-refractivity contribution in [3.05, 3.63) is 99.1 Å². The van der Waals surface area contributed by atoms with Crippen LogP contribution in [-0.4, -0.2) is 18.5 Å². The largest absolute Gasteiger partial charge is 0.384 e. The SMILES string of the molecule is CCCCc1cc(Cc2ccccc2)cc2c1NCCC2NC(=O)C(N)Cc1c(C)cc(C)cc1C. The van der Waals surface area contributed by atoms with Gasteiger partial charge in [-0.25, -0.2) is 0 Å². The van der Waals surface area contributed by atoms with Gasteiger partial charge in [0.25, 0.3) is 0 Å². The average Bonchev–Trinajstić information content (AvgIpc) is 2.85. The number of benzene rings is 3. The average molecular weight is 484 g/mol. The van der Waals surface area contributed by atoms with Crippen molar-refractivity contribution in [3.8, 4) is 0 Å². The molecule has 0 saturated heterocycles. The zero-order valence-corrected chi connectivity index (χ0v) is 22.3. The Bertz CT molecular complexity index is 1180. The monoisotopic (exact) mass is 483 g/mol. The van der Waals surface area contributed by atoms with Crippen LogP contribution in [0, 0.1) is 20.8 Å². The molecule has 2 atom stereocenters. The number of rotatable bonds is 9. The minimum absolute atomic E-state index is 0.0314. The van der Waals surface area contributed by atoms with E-state index >= 15 is 0 Å². The number of aryl methyl sites for hydroxylation is 4. The number of fused-ring (bicyclic) bond motifs is 1. The molecule has 0 aromatic heterocycles. The van der Waals surface area contributed by atoms with Gasteiger partial charge in [0.2, 0.25) is 5.91 Å². The molecule has 3 aromatic carbocycles. The molecule has 0 aliphatic carbocycles. The highest BCUT2D eigenvalue weighted by Gasteiger charge is 2.27. The van der Waals surface area contributed by atoms with Crippen LogP contribution in [-0.2, 0) is 24.1 Å². The lowest BCUT2D eigenvalue weighted by Crippen LogP contribution is -2.45. The number of carbonyl (C=O) groups is 1. The molecule has 1 heterocycles. The van der Waals surface area contributed by atoms with Crippen LogP contribution in [0.3, 0.4) is 0 Å². The Labute approximate surface area is 216 Å². The van der Waals surface area contributed by atoms with Crippen LogP contribution in [0.15, 0.2) is 54.6 Å². The van der Waals surface area contributed by atoms with Gasteiger partial charge < -0.3 is 16.4 Å². The maximum Gasteiger partial charge on any atom is 0.237 e. The number of hydrogen-bond acceptors (Lipinski definition) is 3. The molecule has 0 saturated carbocycles. The fraction of sp³-hybridized carbons (Fsp3) is 0.406. The third kappa shape index (κ3) is 6.17. The maximum absolute atomic E-state index is 13.3. The first-order valence-corrected chi connectivity index (χ1v) is 13.4. The van der Waals surface area contributed by atoms with Crippen molar-refractivity contribution in [3.63, 3.8) is 0 Å².